The summed E-state index contributed by atoms with van der Waals surface area (Å²) in [6.07, 6.45) is 5.09. The molecule has 2 unspecified atom stereocenters. The summed E-state index contributed by atoms with van der Waals surface area (Å²) in [6, 6.07) is 3.50. The number of hydrogen-bond donors (Lipinski definition) is 3. The van der Waals surface area contributed by atoms with Crippen LogP contribution in [0.4, 0.5) is 0 Å². The molecule has 25 heavy (non-hydrogen) atoms. The van der Waals surface area contributed by atoms with Crippen LogP contribution < -0.4 is 21.3 Å². The van der Waals surface area contributed by atoms with E-state index in [2.05, 4.69) is 15.4 Å². The van der Waals surface area contributed by atoms with Crippen molar-refractivity contribution in [1.29, 1.82) is 0 Å². The molecule has 0 aliphatic carbocycles. The standard InChI is InChI=1S/C17H21N5O3/c1-3-25-14-7-11(4-5-19-14)13-9-21-22(17(13)24)16-10(2)6-12(8-20-16)15(18)23/h4-5,7-10,16,20-21H,3,6H2,1-2H3,(H2,18,23). The first-order valence-corrected chi connectivity index (χ1v) is 8.15. The van der Waals surface area contributed by atoms with Crippen LogP contribution in [-0.4, -0.2) is 27.3 Å². The third-order valence-electron chi connectivity index (χ3n) is 4.24. The number of hydrogen-bond acceptors (Lipinski definition) is 5. The summed E-state index contributed by atoms with van der Waals surface area (Å²) in [5.41, 5.74) is 6.95. The van der Waals surface area contributed by atoms with Crippen LogP contribution in [0.15, 0.2) is 41.1 Å². The van der Waals surface area contributed by atoms with Crippen molar-refractivity contribution in [2.75, 3.05) is 6.61 Å². The van der Waals surface area contributed by atoms with Crippen LogP contribution in [-0.2, 0) is 4.79 Å². The second-order valence-electron chi connectivity index (χ2n) is 6.00. The Kier molecular flexibility index (Phi) is 4.60. The van der Waals surface area contributed by atoms with Crippen molar-refractivity contribution in [3.05, 3.63) is 46.7 Å². The highest BCUT2D eigenvalue weighted by Crippen LogP contribution is 2.26. The van der Waals surface area contributed by atoms with Crippen LogP contribution in [0.25, 0.3) is 11.1 Å². The summed E-state index contributed by atoms with van der Waals surface area (Å²) in [6.45, 7) is 4.34. The third kappa shape index (κ3) is 3.28. The van der Waals surface area contributed by atoms with Crippen molar-refractivity contribution < 1.29 is 9.53 Å². The van der Waals surface area contributed by atoms with Crippen molar-refractivity contribution in [3.63, 3.8) is 0 Å². The average molecular weight is 343 g/mol. The molecule has 1 aliphatic heterocycles. The zero-order valence-electron chi connectivity index (χ0n) is 14.2. The van der Waals surface area contributed by atoms with Gasteiger partial charge in [-0.15, -0.1) is 0 Å². The number of ether oxygens (including phenoxy) is 1. The maximum Gasteiger partial charge on any atom is 0.276 e. The largest absolute Gasteiger partial charge is 0.478 e. The van der Waals surface area contributed by atoms with E-state index in [0.717, 1.165) is 5.56 Å². The van der Waals surface area contributed by atoms with Crippen molar-refractivity contribution >= 4 is 5.91 Å². The highest BCUT2D eigenvalue weighted by Gasteiger charge is 2.27. The number of H-pyrrole nitrogens is 1. The summed E-state index contributed by atoms with van der Waals surface area (Å²) >= 11 is 0. The van der Waals surface area contributed by atoms with Crippen molar-refractivity contribution in [1.82, 2.24) is 20.1 Å². The van der Waals surface area contributed by atoms with Gasteiger partial charge in [0.1, 0.15) is 6.17 Å². The fraction of sp³-hybridized carbons (Fsp3) is 0.353. The van der Waals surface area contributed by atoms with Gasteiger partial charge in [0, 0.05) is 36.2 Å². The molecule has 0 aromatic carbocycles. The predicted octanol–water partition coefficient (Wildman–Crippen LogP) is 1.13. The van der Waals surface area contributed by atoms with E-state index in [1.54, 1.807) is 30.7 Å². The molecule has 2 aromatic rings. The molecule has 4 N–H and O–H groups in total. The maximum atomic E-state index is 12.8. The topological polar surface area (TPSA) is 115 Å². The Labute approximate surface area is 144 Å². The van der Waals surface area contributed by atoms with Crippen LogP contribution >= 0.6 is 0 Å². The molecular weight excluding hydrogens is 322 g/mol. The molecule has 0 saturated heterocycles. The molecule has 2 aromatic heterocycles. The molecule has 1 aliphatic rings. The molecule has 1 amide bonds. The van der Waals surface area contributed by atoms with Crippen molar-refractivity contribution in [2.24, 2.45) is 11.7 Å². The Hall–Kier alpha value is -3.03. The molecule has 132 valence electrons. The SMILES string of the molecule is CCOc1cc(-c2c[nH]n(C3NC=C(C(N)=O)CC3C)c2=O)ccn1. The fourth-order valence-corrected chi connectivity index (χ4v) is 2.97. The smallest absolute Gasteiger partial charge is 0.276 e. The number of pyridine rings is 1. The molecule has 8 nitrogen and oxygen atoms in total. The molecule has 0 fully saturated rings. The summed E-state index contributed by atoms with van der Waals surface area (Å²) in [5, 5.41) is 6.09. The zero-order chi connectivity index (χ0) is 18.0. The minimum atomic E-state index is -0.447. The Morgan fingerprint density at radius 1 is 1.52 bits per heavy atom. The van der Waals surface area contributed by atoms with E-state index in [9.17, 15) is 9.59 Å². The molecule has 8 heteroatoms. The van der Waals surface area contributed by atoms with E-state index in [1.807, 2.05) is 13.8 Å². The van der Waals surface area contributed by atoms with E-state index >= 15 is 0 Å². The number of carbonyl (C=O) groups is 1. The molecule has 3 rings (SSSR count). The summed E-state index contributed by atoms with van der Waals surface area (Å²) in [4.78, 5) is 28.2. The maximum absolute atomic E-state index is 12.8. The number of carbonyl (C=O) groups excluding carboxylic acids is 1. The first kappa shape index (κ1) is 16.8. The highest BCUT2D eigenvalue weighted by atomic mass is 16.5. The normalized spacial score (nSPS) is 19.8. The van der Waals surface area contributed by atoms with E-state index < -0.39 is 5.91 Å². The monoisotopic (exact) mass is 343 g/mol. The van der Waals surface area contributed by atoms with Gasteiger partial charge in [-0.1, -0.05) is 6.92 Å². The molecular formula is C17H21N5O3. The lowest BCUT2D eigenvalue weighted by Crippen LogP contribution is -2.39. The van der Waals surface area contributed by atoms with Gasteiger partial charge in [-0.25, -0.2) is 9.67 Å². The van der Waals surface area contributed by atoms with Crippen LogP contribution in [0.2, 0.25) is 0 Å². The van der Waals surface area contributed by atoms with Crippen LogP contribution in [0.3, 0.4) is 0 Å². The zero-order valence-corrected chi connectivity index (χ0v) is 14.2. The second-order valence-corrected chi connectivity index (χ2v) is 6.00. The molecule has 0 spiro atoms. The number of amides is 1. The number of primary amides is 1. The van der Waals surface area contributed by atoms with Gasteiger partial charge in [0.05, 0.1) is 12.2 Å². The number of nitrogens with zero attached hydrogens (tertiary/aromatic N) is 2. The lowest BCUT2D eigenvalue weighted by molar-refractivity contribution is -0.115. The molecule has 0 radical (unpaired) electrons. The van der Waals surface area contributed by atoms with Gasteiger partial charge in [0.25, 0.3) is 5.56 Å². The van der Waals surface area contributed by atoms with Gasteiger partial charge in [-0.3, -0.25) is 9.59 Å². The second kappa shape index (κ2) is 6.84. The number of aromatic nitrogens is 3. The summed E-state index contributed by atoms with van der Waals surface area (Å²) in [5.74, 6) is 0.0519. The lowest BCUT2D eigenvalue weighted by Gasteiger charge is -2.29. The Morgan fingerprint density at radius 3 is 3.00 bits per heavy atom. The van der Waals surface area contributed by atoms with Crippen LogP contribution in [0.5, 0.6) is 5.88 Å². The van der Waals surface area contributed by atoms with Crippen LogP contribution in [0, 0.1) is 5.92 Å². The first-order chi connectivity index (χ1) is 12.0. The number of aromatic amines is 1. The Morgan fingerprint density at radius 2 is 2.32 bits per heavy atom. The van der Waals surface area contributed by atoms with E-state index in [-0.39, 0.29) is 17.6 Å². The Balaban J connectivity index is 1.91. The fourth-order valence-electron chi connectivity index (χ4n) is 2.97. The number of rotatable bonds is 5. The van der Waals surface area contributed by atoms with E-state index in [1.165, 1.54) is 4.68 Å². The summed E-state index contributed by atoms with van der Waals surface area (Å²) < 4.78 is 6.91. The van der Waals surface area contributed by atoms with Gasteiger partial charge in [0.15, 0.2) is 0 Å². The van der Waals surface area contributed by atoms with Crippen LogP contribution in [0.1, 0.15) is 26.4 Å². The number of nitrogens with two attached hydrogens (primary N) is 1. The molecule has 0 saturated carbocycles. The average Bonchev–Trinajstić information content (AvgIpc) is 2.96. The quantitative estimate of drug-likeness (QED) is 0.753. The van der Waals surface area contributed by atoms with Gasteiger partial charge in [0.2, 0.25) is 11.8 Å². The lowest BCUT2D eigenvalue weighted by atomic mass is 9.95. The van der Waals surface area contributed by atoms with Gasteiger partial charge in [-0.05, 0) is 25.0 Å². The minimum absolute atomic E-state index is 0.0214. The third-order valence-corrected chi connectivity index (χ3v) is 4.24. The predicted molar refractivity (Wildman–Crippen MR) is 92.7 cm³/mol. The minimum Gasteiger partial charge on any atom is -0.478 e. The van der Waals surface area contributed by atoms with E-state index in [4.69, 9.17) is 10.5 Å². The van der Waals surface area contributed by atoms with E-state index in [0.29, 0.717) is 30.0 Å². The summed E-state index contributed by atoms with van der Waals surface area (Å²) in [7, 11) is 0. The molecule has 3 heterocycles. The Bertz CT molecular complexity index is 867. The van der Waals surface area contributed by atoms with Crippen molar-refractivity contribution in [2.45, 2.75) is 26.4 Å². The molecule has 2 atom stereocenters. The van der Waals surface area contributed by atoms with Crippen molar-refractivity contribution in [3.8, 4) is 17.0 Å². The molecule has 0 bridgehead atoms. The van der Waals surface area contributed by atoms with Gasteiger partial charge >= 0.3 is 0 Å². The van der Waals surface area contributed by atoms with Gasteiger partial charge in [-0.2, -0.15) is 0 Å². The highest BCUT2D eigenvalue weighted by molar-refractivity contribution is 5.91. The number of nitrogens with one attached hydrogen (secondary N) is 2. The van der Waals surface area contributed by atoms with Gasteiger partial charge < -0.3 is 20.9 Å². The first-order valence-electron chi connectivity index (χ1n) is 8.15.